The molecule has 0 bridgehead atoms. The van der Waals surface area contributed by atoms with E-state index in [4.69, 9.17) is 21.4 Å². The summed E-state index contributed by atoms with van der Waals surface area (Å²) in [4.78, 5) is 11.7. The highest BCUT2D eigenvalue weighted by Crippen LogP contribution is 2.15. The number of hydrogen-bond donors (Lipinski definition) is 2. The molecule has 0 aliphatic carbocycles. The molecule has 0 spiro atoms. The van der Waals surface area contributed by atoms with Crippen molar-refractivity contribution < 1.29 is 14.6 Å². The fourth-order valence-corrected chi connectivity index (χ4v) is 1.64. The number of nitrogens with one attached hydrogen (secondary N) is 1. The van der Waals surface area contributed by atoms with E-state index in [0.717, 1.165) is 5.56 Å². The summed E-state index contributed by atoms with van der Waals surface area (Å²) in [7, 11) is 1.52. The number of amides is 1. The Morgan fingerprint density at radius 3 is 2.82 bits per heavy atom. The number of rotatable bonds is 6. The quantitative estimate of drug-likeness (QED) is 0.800. The van der Waals surface area contributed by atoms with Gasteiger partial charge in [0.25, 0.3) is 0 Å². The molecule has 0 heterocycles. The van der Waals surface area contributed by atoms with Crippen LogP contribution in [0.3, 0.4) is 0 Å². The van der Waals surface area contributed by atoms with Gasteiger partial charge in [-0.05, 0) is 11.6 Å². The van der Waals surface area contributed by atoms with Gasteiger partial charge in [0.1, 0.15) is 0 Å². The average Bonchev–Trinajstić information content (AvgIpc) is 2.31. The molecule has 1 aromatic carbocycles. The van der Waals surface area contributed by atoms with Crippen LogP contribution >= 0.6 is 11.6 Å². The molecule has 94 valence electrons. The van der Waals surface area contributed by atoms with E-state index in [1.165, 1.54) is 7.11 Å². The number of ether oxygens (including phenoxy) is 1. The summed E-state index contributed by atoms with van der Waals surface area (Å²) < 4.78 is 4.87. The van der Waals surface area contributed by atoms with Crippen molar-refractivity contribution in [3.8, 4) is 0 Å². The Hall–Kier alpha value is -1.10. The lowest BCUT2D eigenvalue weighted by Gasteiger charge is -2.15. The summed E-state index contributed by atoms with van der Waals surface area (Å²) in [5, 5.41) is 12.2. The second kappa shape index (κ2) is 7.27. The fourth-order valence-electron chi connectivity index (χ4n) is 1.43. The minimum Gasteiger partial charge on any atom is -0.394 e. The molecule has 1 amide bonds. The number of aliphatic hydroxyl groups is 1. The van der Waals surface area contributed by atoms with Crippen LogP contribution in [0, 0.1) is 0 Å². The van der Waals surface area contributed by atoms with Gasteiger partial charge in [0.15, 0.2) is 0 Å². The van der Waals surface area contributed by atoms with Crippen LogP contribution in [0.25, 0.3) is 0 Å². The molecule has 2 N–H and O–H groups in total. The zero-order chi connectivity index (χ0) is 12.7. The van der Waals surface area contributed by atoms with Crippen LogP contribution in [-0.4, -0.2) is 37.4 Å². The zero-order valence-corrected chi connectivity index (χ0v) is 10.4. The number of benzene rings is 1. The molecule has 0 aliphatic heterocycles. The largest absolute Gasteiger partial charge is 0.394 e. The molecular weight excluding hydrogens is 242 g/mol. The van der Waals surface area contributed by atoms with Gasteiger partial charge in [0.05, 0.1) is 25.7 Å². The highest BCUT2D eigenvalue weighted by atomic mass is 35.5. The van der Waals surface area contributed by atoms with Crippen LogP contribution in [-0.2, 0) is 16.0 Å². The van der Waals surface area contributed by atoms with Gasteiger partial charge < -0.3 is 15.2 Å². The van der Waals surface area contributed by atoms with Crippen molar-refractivity contribution in [1.82, 2.24) is 5.32 Å². The maximum absolute atomic E-state index is 11.7. The molecular formula is C12H16ClNO3. The number of aliphatic hydroxyl groups excluding tert-OH is 1. The lowest BCUT2D eigenvalue weighted by Crippen LogP contribution is -2.41. The van der Waals surface area contributed by atoms with Gasteiger partial charge in [-0.2, -0.15) is 0 Å². The van der Waals surface area contributed by atoms with Gasteiger partial charge in [-0.25, -0.2) is 0 Å². The van der Waals surface area contributed by atoms with E-state index in [1.807, 2.05) is 12.1 Å². The Bertz CT molecular complexity index is 371. The Balaban J connectivity index is 2.52. The lowest BCUT2D eigenvalue weighted by atomic mass is 10.1. The minimum atomic E-state index is -0.380. The van der Waals surface area contributed by atoms with E-state index in [-0.39, 0.29) is 31.6 Å². The third-order valence-electron chi connectivity index (χ3n) is 2.26. The fraction of sp³-hybridized carbons (Fsp3) is 0.417. The Morgan fingerprint density at radius 1 is 1.53 bits per heavy atom. The second-order valence-corrected chi connectivity index (χ2v) is 4.08. The third kappa shape index (κ3) is 4.73. The van der Waals surface area contributed by atoms with E-state index < -0.39 is 0 Å². The van der Waals surface area contributed by atoms with E-state index in [9.17, 15) is 4.79 Å². The Labute approximate surface area is 106 Å². The lowest BCUT2D eigenvalue weighted by molar-refractivity contribution is -0.121. The summed E-state index contributed by atoms with van der Waals surface area (Å²) in [6.45, 7) is 0.132. The van der Waals surface area contributed by atoms with Gasteiger partial charge in [-0.3, -0.25) is 4.79 Å². The minimum absolute atomic E-state index is 0.151. The molecule has 17 heavy (non-hydrogen) atoms. The molecule has 1 unspecified atom stereocenters. The van der Waals surface area contributed by atoms with Gasteiger partial charge >= 0.3 is 0 Å². The molecule has 0 aliphatic rings. The number of hydrogen-bond acceptors (Lipinski definition) is 3. The average molecular weight is 258 g/mol. The summed E-state index contributed by atoms with van der Waals surface area (Å²) >= 11 is 5.95. The van der Waals surface area contributed by atoms with Crippen LogP contribution in [0.2, 0.25) is 5.02 Å². The van der Waals surface area contributed by atoms with E-state index >= 15 is 0 Å². The van der Waals surface area contributed by atoms with Crippen LogP contribution in [0.4, 0.5) is 0 Å². The van der Waals surface area contributed by atoms with E-state index in [2.05, 4.69) is 5.32 Å². The molecule has 0 saturated carbocycles. The van der Waals surface area contributed by atoms with Gasteiger partial charge in [0.2, 0.25) is 5.91 Å². The van der Waals surface area contributed by atoms with Gasteiger partial charge in [-0.15, -0.1) is 0 Å². The van der Waals surface area contributed by atoms with Crippen LogP contribution < -0.4 is 5.32 Å². The van der Waals surface area contributed by atoms with Crippen molar-refractivity contribution in [3.63, 3.8) is 0 Å². The van der Waals surface area contributed by atoms with Crippen LogP contribution in [0.1, 0.15) is 5.56 Å². The van der Waals surface area contributed by atoms with Crippen LogP contribution in [0.5, 0.6) is 0 Å². The predicted octanol–water partition coefficient (Wildman–Crippen LogP) is 1.01. The molecule has 0 aromatic heterocycles. The highest BCUT2D eigenvalue weighted by Gasteiger charge is 2.12. The van der Waals surface area contributed by atoms with Crippen molar-refractivity contribution in [2.24, 2.45) is 0 Å². The van der Waals surface area contributed by atoms with Crippen molar-refractivity contribution >= 4 is 17.5 Å². The first-order valence-corrected chi connectivity index (χ1v) is 5.67. The number of halogens is 1. The van der Waals surface area contributed by atoms with E-state index in [0.29, 0.717) is 5.02 Å². The monoisotopic (exact) mass is 257 g/mol. The molecule has 4 nitrogen and oxygen atoms in total. The first-order chi connectivity index (χ1) is 8.17. The Kier molecular flexibility index (Phi) is 5.97. The summed E-state index contributed by atoms with van der Waals surface area (Å²) in [6, 6.07) is 6.79. The van der Waals surface area contributed by atoms with Crippen molar-refractivity contribution in [2.45, 2.75) is 12.5 Å². The molecule has 1 aromatic rings. The number of methoxy groups -OCH3 is 1. The van der Waals surface area contributed by atoms with Gasteiger partial charge in [-0.1, -0.05) is 29.8 Å². The summed E-state index contributed by atoms with van der Waals surface area (Å²) in [6.07, 6.45) is 0.194. The first-order valence-electron chi connectivity index (χ1n) is 5.30. The SMILES string of the molecule is COCC(CO)NC(=O)Cc1ccccc1Cl. The highest BCUT2D eigenvalue weighted by molar-refractivity contribution is 6.31. The molecule has 0 saturated heterocycles. The molecule has 0 radical (unpaired) electrons. The van der Waals surface area contributed by atoms with Crippen LogP contribution in [0.15, 0.2) is 24.3 Å². The standard InChI is InChI=1S/C12H16ClNO3/c1-17-8-10(7-15)14-12(16)6-9-4-2-3-5-11(9)13/h2-5,10,15H,6-8H2,1H3,(H,14,16). The molecule has 1 rings (SSSR count). The summed E-state index contributed by atoms with van der Waals surface area (Å²) in [5.74, 6) is -0.186. The Morgan fingerprint density at radius 2 is 2.24 bits per heavy atom. The molecule has 5 heteroatoms. The van der Waals surface area contributed by atoms with Crippen molar-refractivity contribution in [3.05, 3.63) is 34.9 Å². The molecule has 0 fully saturated rings. The number of carbonyl (C=O) groups excluding carboxylic acids is 1. The topological polar surface area (TPSA) is 58.6 Å². The predicted molar refractivity (Wildman–Crippen MR) is 66.0 cm³/mol. The maximum atomic E-state index is 11.7. The van der Waals surface area contributed by atoms with Crippen molar-refractivity contribution in [2.75, 3.05) is 20.3 Å². The molecule has 1 atom stereocenters. The van der Waals surface area contributed by atoms with E-state index in [1.54, 1.807) is 12.1 Å². The first kappa shape index (κ1) is 14.0. The third-order valence-corrected chi connectivity index (χ3v) is 2.63. The smallest absolute Gasteiger partial charge is 0.224 e. The maximum Gasteiger partial charge on any atom is 0.224 e. The second-order valence-electron chi connectivity index (χ2n) is 3.67. The summed E-state index contributed by atoms with van der Waals surface area (Å²) in [5.41, 5.74) is 0.765. The normalized spacial score (nSPS) is 12.2. The van der Waals surface area contributed by atoms with Gasteiger partial charge in [0, 0.05) is 12.1 Å². The van der Waals surface area contributed by atoms with Crippen molar-refractivity contribution in [1.29, 1.82) is 0 Å². The zero-order valence-electron chi connectivity index (χ0n) is 9.65. The number of carbonyl (C=O) groups is 1.